The van der Waals surface area contributed by atoms with Gasteiger partial charge in [-0.05, 0) is 31.4 Å². The number of nitrogens with zero attached hydrogens (tertiary/aromatic N) is 2. The summed E-state index contributed by atoms with van der Waals surface area (Å²) in [4.78, 5) is 18.7. The van der Waals surface area contributed by atoms with Crippen molar-refractivity contribution in [2.45, 2.75) is 52.9 Å². The van der Waals surface area contributed by atoms with Gasteiger partial charge in [-0.2, -0.15) is 0 Å². The van der Waals surface area contributed by atoms with Crippen molar-refractivity contribution < 1.29 is 4.79 Å². The lowest BCUT2D eigenvalue weighted by atomic mass is 10.2. The summed E-state index contributed by atoms with van der Waals surface area (Å²) in [6.45, 7) is 8.93. The Morgan fingerprint density at radius 3 is 2.48 bits per heavy atom. The van der Waals surface area contributed by atoms with Gasteiger partial charge in [-0.15, -0.1) is 0 Å². The first-order valence-corrected chi connectivity index (χ1v) is 8.22. The highest BCUT2D eigenvalue weighted by Gasteiger charge is 2.14. The van der Waals surface area contributed by atoms with Crippen molar-refractivity contribution in [1.82, 2.24) is 9.88 Å². The van der Waals surface area contributed by atoms with Crippen LogP contribution in [-0.2, 0) is 0 Å². The van der Waals surface area contributed by atoms with Gasteiger partial charge in [0.2, 0.25) is 0 Å². The predicted octanol–water partition coefficient (Wildman–Crippen LogP) is 3.95. The van der Waals surface area contributed by atoms with Crippen molar-refractivity contribution in [2.24, 2.45) is 0 Å². The Balaban J connectivity index is 2.66. The highest BCUT2D eigenvalue weighted by molar-refractivity contribution is 5.94. The molecule has 0 fully saturated rings. The van der Waals surface area contributed by atoms with Gasteiger partial charge in [-0.1, -0.05) is 33.6 Å². The first-order chi connectivity index (χ1) is 10.2. The fourth-order valence-corrected chi connectivity index (χ4v) is 2.29. The number of carbonyl (C=O) groups is 1. The van der Waals surface area contributed by atoms with Gasteiger partial charge in [0.05, 0.1) is 0 Å². The summed E-state index contributed by atoms with van der Waals surface area (Å²) in [5.74, 6) is 0.905. The van der Waals surface area contributed by atoms with Gasteiger partial charge < -0.3 is 10.2 Å². The fraction of sp³-hybridized carbons (Fsp3) is 0.647. The molecule has 21 heavy (non-hydrogen) atoms. The lowest BCUT2D eigenvalue weighted by Crippen LogP contribution is -2.32. The molecule has 1 amide bonds. The monoisotopic (exact) mass is 291 g/mol. The highest BCUT2D eigenvalue weighted by Crippen LogP contribution is 2.11. The van der Waals surface area contributed by atoms with Crippen molar-refractivity contribution in [3.8, 4) is 0 Å². The third kappa shape index (κ3) is 6.15. The molecule has 0 saturated heterocycles. The molecule has 1 rings (SSSR count). The SMILES string of the molecule is CCCCCNc1cc(C(=O)N(CCC)CCC)ccn1. The fourth-order valence-electron chi connectivity index (χ4n) is 2.29. The van der Waals surface area contributed by atoms with E-state index in [-0.39, 0.29) is 5.91 Å². The highest BCUT2D eigenvalue weighted by atomic mass is 16.2. The van der Waals surface area contributed by atoms with Gasteiger partial charge in [0, 0.05) is 31.4 Å². The molecule has 0 saturated carbocycles. The number of amides is 1. The molecule has 1 aromatic rings. The normalized spacial score (nSPS) is 10.4. The molecule has 118 valence electrons. The first-order valence-electron chi connectivity index (χ1n) is 8.22. The summed E-state index contributed by atoms with van der Waals surface area (Å²) in [5.41, 5.74) is 0.727. The number of pyridine rings is 1. The number of unbranched alkanes of at least 4 members (excludes halogenated alkanes) is 2. The molecule has 1 heterocycles. The summed E-state index contributed by atoms with van der Waals surface area (Å²) in [5, 5.41) is 3.30. The minimum atomic E-state index is 0.109. The van der Waals surface area contributed by atoms with Crippen LogP contribution in [0.2, 0.25) is 0 Å². The smallest absolute Gasteiger partial charge is 0.254 e. The zero-order valence-corrected chi connectivity index (χ0v) is 13.7. The number of nitrogens with one attached hydrogen (secondary N) is 1. The van der Waals surface area contributed by atoms with Gasteiger partial charge in [-0.25, -0.2) is 4.98 Å². The van der Waals surface area contributed by atoms with E-state index in [1.54, 1.807) is 12.3 Å². The number of carbonyl (C=O) groups excluding carboxylic acids is 1. The van der Waals surface area contributed by atoms with E-state index in [4.69, 9.17) is 0 Å². The number of aromatic nitrogens is 1. The van der Waals surface area contributed by atoms with Gasteiger partial charge in [-0.3, -0.25) is 4.79 Å². The molecular weight excluding hydrogens is 262 g/mol. The summed E-state index contributed by atoms with van der Waals surface area (Å²) in [6, 6.07) is 3.67. The number of rotatable bonds is 10. The van der Waals surface area contributed by atoms with E-state index < -0.39 is 0 Å². The van der Waals surface area contributed by atoms with Crippen LogP contribution < -0.4 is 5.32 Å². The van der Waals surface area contributed by atoms with Crippen molar-refractivity contribution in [3.63, 3.8) is 0 Å². The van der Waals surface area contributed by atoms with Crippen molar-refractivity contribution in [3.05, 3.63) is 23.9 Å². The van der Waals surface area contributed by atoms with Crippen molar-refractivity contribution >= 4 is 11.7 Å². The molecule has 0 aliphatic heterocycles. The van der Waals surface area contributed by atoms with Crippen LogP contribution >= 0.6 is 0 Å². The van der Waals surface area contributed by atoms with E-state index >= 15 is 0 Å². The van der Waals surface area contributed by atoms with Crippen LogP contribution in [0.4, 0.5) is 5.82 Å². The lowest BCUT2D eigenvalue weighted by Gasteiger charge is -2.21. The molecule has 0 aromatic carbocycles. The summed E-state index contributed by atoms with van der Waals surface area (Å²) in [6.07, 6.45) is 7.24. The van der Waals surface area contributed by atoms with E-state index in [0.717, 1.165) is 50.3 Å². The van der Waals surface area contributed by atoms with Crippen LogP contribution in [0.5, 0.6) is 0 Å². The molecule has 4 nitrogen and oxygen atoms in total. The Kier molecular flexibility index (Phi) is 8.48. The number of hydrogen-bond donors (Lipinski definition) is 1. The largest absolute Gasteiger partial charge is 0.370 e. The summed E-state index contributed by atoms with van der Waals surface area (Å²) >= 11 is 0. The van der Waals surface area contributed by atoms with E-state index in [1.165, 1.54) is 12.8 Å². The Morgan fingerprint density at radius 2 is 1.86 bits per heavy atom. The van der Waals surface area contributed by atoms with Crippen LogP contribution in [0.15, 0.2) is 18.3 Å². The van der Waals surface area contributed by atoms with E-state index in [0.29, 0.717) is 0 Å². The first kappa shape index (κ1) is 17.5. The van der Waals surface area contributed by atoms with Gasteiger partial charge >= 0.3 is 0 Å². The molecule has 4 heteroatoms. The quantitative estimate of drug-likeness (QED) is 0.664. The summed E-state index contributed by atoms with van der Waals surface area (Å²) in [7, 11) is 0. The molecule has 1 aromatic heterocycles. The zero-order chi connectivity index (χ0) is 15.5. The average molecular weight is 291 g/mol. The van der Waals surface area contributed by atoms with Gasteiger partial charge in [0.15, 0.2) is 0 Å². The molecule has 0 unspecified atom stereocenters. The van der Waals surface area contributed by atoms with Crippen LogP contribution in [0.3, 0.4) is 0 Å². The lowest BCUT2D eigenvalue weighted by molar-refractivity contribution is 0.0755. The molecule has 0 bridgehead atoms. The number of hydrogen-bond acceptors (Lipinski definition) is 3. The van der Waals surface area contributed by atoms with Crippen molar-refractivity contribution in [1.29, 1.82) is 0 Å². The molecular formula is C17H29N3O. The summed E-state index contributed by atoms with van der Waals surface area (Å²) < 4.78 is 0. The predicted molar refractivity (Wildman–Crippen MR) is 88.7 cm³/mol. The molecule has 0 spiro atoms. The van der Waals surface area contributed by atoms with E-state index in [1.807, 2.05) is 11.0 Å². The molecule has 1 N–H and O–H groups in total. The second-order valence-electron chi connectivity index (χ2n) is 5.36. The van der Waals surface area contributed by atoms with Crippen LogP contribution in [-0.4, -0.2) is 35.4 Å². The Hall–Kier alpha value is -1.58. The standard InChI is InChI=1S/C17H29N3O/c1-4-7-8-10-18-16-14-15(9-11-19-16)17(21)20(12-5-2)13-6-3/h9,11,14H,4-8,10,12-13H2,1-3H3,(H,18,19). The Bertz CT molecular complexity index is 414. The minimum absolute atomic E-state index is 0.109. The third-order valence-corrected chi connectivity index (χ3v) is 3.37. The van der Waals surface area contributed by atoms with E-state index in [2.05, 4.69) is 31.1 Å². The number of anilines is 1. The zero-order valence-electron chi connectivity index (χ0n) is 13.7. The second kappa shape index (κ2) is 10.2. The van der Waals surface area contributed by atoms with Crippen LogP contribution in [0.25, 0.3) is 0 Å². The topological polar surface area (TPSA) is 45.2 Å². The van der Waals surface area contributed by atoms with Crippen LogP contribution in [0.1, 0.15) is 63.2 Å². The molecule has 0 aliphatic rings. The second-order valence-corrected chi connectivity index (χ2v) is 5.36. The molecule has 0 aliphatic carbocycles. The maximum Gasteiger partial charge on any atom is 0.254 e. The van der Waals surface area contributed by atoms with Crippen molar-refractivity contribution in [2.75, 3.05) is 25.0 Å². The average Bonchev–Trinajstić information content (AvgIpc) is 2.51. The van der Waals surface area contributed by atoms with Gasteiger partial charge in [0.25, 0.3) is 5.91 Å². The third-order valence-electron chi connectivity index (χ3n) is 3.37. The maximum atomic E-state index is 12.5. The molecule has 0 atom stereocenters. The minimum Gasteiger partial charge on any atom is -0.370 e. The van der Waals surface area contributed by atoms with Crippen LogP contribution in [0, 0.1) is 0 Å². The molecule has 0 radical (unpaired) electrons. The van der Waals surface area contributed by atoms with E-state index in [9.17, 15) is 4.79 Å². The Labute approximate surface area is 129 Å². The Morgan fingerprint density at radius 1 is 1.14 bits per heavy atom. The van der Waals surface area contributed by atoms with Gasteiger partial charge in [0.1, 0.15) is 5.82 Å². The maximum absolute atomic E-state index is 12.5.